The van der Waals surface area contributed by atoms with E-state index in [0.29, 0.717) is 29.4 Å². The van der Waals surface area contributed by atoms with Crippen molar-refractivity contribution >= 4 is 17.1 Å². The second-order valence-corrected chi connectivity index (χ2v) is 4.91. The largest absolute Gasteiger partial charge is 0.383 e. The van der Waals surface area contributed by atoms with Crippen molar-refractivity contribution in [2.24, 2.45) is 0 Å². The van der Waals surface area contributed by atoms with E-state index in [4.69, 9.17) is 16.3 Å². The van der Waals surface area contributed by atoms with Crippen LogP contribution in [0.1, 0.15) is 17.4 Å². The van der Waals surface area contributed by atoms with Crippen LogP contribution in [0, 0.1) is 0 Å². The number of hydrogen-bond acceptors (Lipinski definition) is 5. The minimum Gasteiger partial charge on any atom is -0.383 e. The highest BCUT2D eigenvalue weighted by Gasteiger charge is 2.23. The van der Waals surface area contributed by atoms with Gasteiger partial charge in [-0.1, -0.05) is 11.6 Å². The van der Waals surface area contributed by atoms with Crippen LogP contribution in [0.5, 0.6) is 0 Å². The molecule has 1 N–H and O–H groups in total. The Morgan fingerprint density at radius 1 is 1.33 bits per heavy atom. The third kappa shape index (κ3) is 2.51. The molecule has 0 aliphatic rings. The summed E-state index contributed by atoms with van der Waals surface area (Å²) < 4.78 is 8.32. The van der Waals surface area contributed by atoms with E-state index in [9.17, 15) is 5.11 Å². The van der Waals surface area contributed by atoms with Gasteiger partial charge in [0.05, 0.1) is 48.0 Å². The topological polar surface area (TPSA) is 77.5 Å². The van der Waals surface area contributed by atoms with Crippen LogP contribution in [-0.4, -0.2) is 43.2 Å². The van der Waals surface area contributed by atoms with E-state index >= 15 is 0 Å². The summed E-state index contributed by atoms with van der Waals surface area (Å²) in [6, 6.07) is 0. The average Bonchev–Trinajstić information content (AvgIpc) is 3.08. The fraction of sp³-hybridized carbons (Fsp3) is 0.308. The van der Waals surface area contributed by atoms with Crippen LogP contribution in [0.15, 0.2) is 31.0 Å². The first-order valence-corrected chi connectivity index (χ1v) is 6.75. The van der Waals surface area contributed by atoms with E-state index in [1.54, 1.807) is 41.1 Å². The monoisotopic (exact) mass is 307 g/mol. The van der Waals surface area contributed by atoms with E-state index in [1.165, 1.54) is 6.20 Å². The van der Waals surface area contributed by atoms with E-state index in [1.807, 2.05) is 0 Å². The van der Waals surface area contributed by atoms with Gasteiger partial charge in [0, 0.05) is 25.1 Å². The molecule has 0 saturated carbocycles. The number of fused-ring (bicyclic) bond motifs is 1. The smallest absolute Gasteiger partial charge is 0.126 e. The van der Waals surface area contributed by atoms with Crippen molar-refractivity contribution in [1.29, 1.82) is 0 Å². The number of methoxy groups -OCH3 is 1. The van der Waals surface area contributed by atoms with Crippen LogP contribution in [0.25, 0.3) is 5.52 Å². The third-order valence-corrected chi connectivity index (χ3v) is 3.54. The molecule has 3 rings (SSSR count). The van der Waals surface area contributed by atoms with E-state index in [-0.39, 0.29) is 0 Å². The molecule has 0 fully saturated rings. The van der Waals surface area contributed by atoms with Crippen molar-refractivity contribution in [2.75, 3.05) is 13.7 Å². The molecule has 3 heterocycles. The molecule has 0 spiro atoms. The Morgan fingerprint density at radius 2 is 2.19 bits per heavy atom. The molecule has 0 aliphatic heterocycles. The average molecular weight is 308 g/mol. The van der Waals surface area contributed by atoms with Crippen molar-refractivity contribution in [2.45, 2.75) is 12.6 Å². The van der Waals surface area contributed by atoms with Crippen LogP contribution in [0.4, 0.5) is 0 Å². The molecule has 1 unspecified atom stereocenters. The van der Waals surface area contributed by atoms with Crippen LogP contribution >= 0.6 is 11.6 Å². The Kier molecular flexibility index (Phi) is 3.87. The van der Waals surface area contributed by atoms with Gasteiger partial charge in [0.2, 0.25) is 0 Å². The lowest BCUT2D eigenvalue weighted by atomic mass is 10.1. The fourth-order valence-corrected chi connectivity index (χ4v) is 2.45. The second-order valence-electron chi connectivity index (χ2n) is 4.50. The number of ether oxygens (including phenoxy) is 1. The summed E-state index contributed by atoms with van der Waals surface area (Å²) in [7, 11) is 1.61. The molecular weight excluding hydrogens is 294 g/mol. The molecular formula is C13H14ClN5O2. The number of hydrogen-bond donors (Lipinski definition) is 1. The van der Waals surface area contributed by atoms with Crippen molar-refractivity contribution in [3.05, 3.63) is 47.3 Å². The maximum Gasteiger partial charge on any atom is 0.126 e. The summed E-state index contributed by atoms with van der Waals surface area (Å²) in [6.45, 7) is 0.987. The molecule has 21 heavy (non-hydrogen) atoms. The first-order chi connectivity index (χ1) is 10.2. The number of aromatic nitrogens is 5. The maximum absolute atomic E-state index is 10.7. The number of rotatable bonds is 5. The Bertz CT molecular complexity index is 754. The number of nitrogens with zero attached hydrogens (tertiary/aromatic N) is 5. The quantitative estimate of drug-likeness (QED) is 0.769. The molecule has 0 aliphatic carbocycles. The first-order valence-electron chi connectivity index (χ1n) is 6.38. The lowest BCUT2D eigenvalue weighted by molar-refractivity contribution is 0.171. The SMILES string of the molecule is COCCn1ncc(Cl)c1C(O)c1cnn2ccncc12. The number of aliphatic hydroxyl groups is 1. The van der Waals surface area contributed by atoms with Crippen LogP contribution in [0.3, 0.4) is 0 Å². The van der Waals surface area contributed by atoms with Gasteiger partial charge in [-0.15, -0.1) is 0 Å². The number of aliphatic hydroxyl groups excluding tert-OH is 1. The summed E-state index contributed by atoms with van der Waals surface area (Å²) in [6.07, 6.45) is 7.18. The van der Waals surface area contributed by atoms with Gasteiger partial charge in [-0.2, -0.15) is 10.2 Å². The second kappa shape index (κ2) is 5.80. The van der Waals surface area contributed by atoms with Gasteiger partial charge in [0.15, 0.2) is 0 Å². The Balaban J connectivity index is 2.02. The molecule has 0 aromatic carbocycles. The molecule has 8 heteroatoms. The molecule has 110 valence electrons. The van der Waals surface area contributed by atoms with Gasteiger partial charge >= 0.3 is 0 Å². The highest BCUT2D eigenvalue weighted by molar-refractivity contribution is 6.31. The fourth-order valence-electron chi connectivity index (χ4n) is 2.21. The summed E-state index contributed by atoms with van der Waals surface area (Å²) in [4.78, 5) is 4.06. The van der Waals surface area contributed by atoms with Gasteiger partial charge in [-0.05, 0) is 0 Å². The molecule has 0 amide bonds. The Morgan fingerprint density at radius 3 is 3.00 bits per heavy atom. The minimum absolute atomic E-state index is 0.404. The predicted octanol–water partition coefficient (Wildman–Crippen LogP) is 1.31. The summed E-state index contributed by atoms with van der Waals surface area (Å²) >= 11 is 6.16. The Labute approximate surface area is 125 Å². The van der Waals surface area contributed by atoms with Crippen LogP contribution < -0.4 is 0 Å². The van der Waals surface area contributed by atoms with Crippen molar-refractivity contribution in [3.63, 3.8) is 0 Å². The molecule has 0 bridgehead atoms. The highest BCUT2D eigenvalue weighted by Crippen LogP contribution is 2.30. The standard InChI is InChI=1S/C13H14ClN5O2/c1-21-5-4-19-12(10(14)7-17-19)13(20)9-6-16-18-3-2-15-8-11(9)18/h2-3,6-8,13,20H,4-5H2,1H3. The van der Waals surface area contributed by atoms with Gasteiger partial charge in [0.25, 0.3) is 0 Å². The summed E-state index contributed by atoms with van der Waals surface area (Å²) in [5.41, 5.74) is 1.87. The zero-order chi connectivity index (χ0) is 14.8. The van der Waals surface area contributed by atoms with Crippen LogP contribution in [-0.2, 0) is 11.3 Å². The lowest BCUT2D eigenvalue weighted by Gasteiger charge is -2.13. The van der Waals surface area contributed by atoms with Crippen molar-refractivity contribution in [3.8, 4) is 0 Å². The number of halogens is 1. The predicted molar refractivity (Wildman–Crippen MR) is 76.2 cm³/mol. The molecule has 3 aromatic rings. The van der Waals surface area contributed by atoms with E-state index in [2.05, 4.69) is 15.2 Å². The van der Waals surface area contributed by atoms with E-state index in [0.717, 1.165) is 5.52 Å². The zero-order valence-corrected chi connectivity index (χ0v) is 12.1. The molecule has 3 aromatic heterocycles. The zero-order valence-electron chi connectivity index (χ0n) is 11.3. The third-order valence-electron chi connectivity index (χ3n) is 3.25. The van der Waals surface area contributed by atoms with Crippen molar-refractivity contribution in [1.82, 2.24) is 24.4 Å². The molecule has 0 saturated heterocycles. The molecule has 1 atom stereocenters. The van der Waals surface area contributed by atoms with Crippen LogP contribution in [0.2, 0.25) is 5.02 Å². The minimum atomic E-state index is -0.932. The first kappa shape index (κ1) is 14.0. The lowest BCUT2D eigenvalue weighted by Crippen LogP contribution is -2.13. The molecule has 7 nitrogen and oxygen atoms in total. The van der Waals surface area contributed by atoms with Crippen molar-refractivity contribution < 1.29 is 9.84 Å². The molecule has 0 radical (unpaired) electrons. The Hall–Kier alpha value is -1.96. The van der Waals surface area contributed by atoms with Gasteiger partial charge < -0.3 is 9.84 Å². The normalized spacial score (nSPS) is 12.9. The van der Waals surface area contributed by atoms with Gasteiger partial charge in [-0.25, -0.2) is 4.52 Å². The van der Waals surface area contributed by atoms with Gasteiger partial charge in [-0.3, -0.25) is 9.67 Å². The maximum atomic E-state index is 10.7. The summed E-state index contributed by atoms with van der Waals surface area (Å²) in [5.74, 6) is 0. The van der Waals surface area contributed by atoms with E-state index < -0.39 is 6.10 Å². The highest BCUT2D eigenvalue weighted by atomic mass is 35.5. The van der Waals surface area contributed by atoms with Gasteiger partial charge in [0.1, 0.15) is 6.10 Å². The summed E-state index contributed by atoms with van der Waals surface area (Å²) in [5, 5.41) is 19.4.